The Labute approximate surface area is 116 Å². The second-order valence-corrected chi connectivity index (χ2v) is 3.56. The fraction of sp³-hybridized carbons (Fsp3) is 0. The molecule has 5 nitrogen and oxygen atoms in total. The highest BCUT2D eigenvalue weighted by Crippen LogP contribution is 2.22. The molecule has 20 heavy (non-hydrogen) atoms. The number of aromatic nitrogens is 1. The number of rotatable bonds is 3. The van der Waals surface area contributed by atoms with Crippen molar-refractivity contribution in [1.29, 1.82) is 0 Å². The zero-order valence-electron chi connectivity index (χ0n) is 10.8. The van der Waals surface area contributed by atoms with Gasteiger partial charge in [0, 0.05) is 17.7 Å². The molecule has 0 bridgehead atoms. The third kappa shape index (κ3) is 4.38. The van der Waals surface area contributed by atoms with Crippen LogP contribution < -0.4 is 10.5 Å². The molecule has 0 radical (unpaired) electrons. The number of fused-ring (bicyclic) bond motifs is 1. The van der Waals surface area contributed by atoms with E-state index in [4.69, 9.17) is 4.74 Å². The van der Waals surface area contributed by atoms with Gasteiger partial charge >= 0.3 is 5.97 Å². The van der Waals surface area contributed by atoms with Gasteiger partial charge in [-0.15, -0.1) is 0 Å². The SMILES string of the molecule is C=CC(=O)Oc1cccc2cccnc12.C=CC(N)=O. The van der Waals surface area contributed by atoms with Gasteiger partial charge in [-0.25, -0.2) is 4.79 Å². The molecule has 1 amide bonds. The summed E-state index contributed by atoms with van der Waals surface area (Å²) in [6, 6.07) is 9.18. The molecule has 0 aliphatic carbocycles. The molecular weight excluding hydrogens is 256 g/mol. The maximum atomic E-state index is 11.1. The van der Waals surface area contributed by atoms with Gasteiger partial charge in [0.2, 0.25) is 5.91 Å². The van der Waals surface area contributed by atoms with Crippen LogP contribution in [0.15, 0.2) is 61.8 Å². The number of para-hydroxylation sites is 1. The Morgan fingerprint density at radius 2 is 1.80 bits per heavy atom. The van der Waals surface area contributed by atoms with E-state index in [1.54, 1.807) is 12.3 Å². The van der Waals surface area contributed by atoms with E-state index in [9.17, 15) is 9.59 Å². The summed E-state index contributed by atoms with van der Waals surface area (Å²) < 4.78 is 5.06. The lowest BCUT2D eigenvalue weighted by molar-refractivity contribution is -0.128. The Bertz CT molecular complexity index is 645. The summed E-state index contributed by atoms with van der Waals surface area (Å²) in [7, 11) is 0. The molecule has 0 spiro atoms. The van der Waals surface area contributed by atoms with Crippen LogP contribution >= 0.6 is 0 Å². The Morgan fingerprint density at radius 1 is 1.15 bits per heavy atom. The van der Waals surface area contributed by atoms with E-state index in [0.717, 1.165) is 17.5 Å². The van der Waals surface area contributed by atoms with Gasteiger partial charge in [0.15, 0.2) is 5.75 Å². The summed E-state index contributed by atoms with van der Waals surface area (Å²) in [6.45, 7) is 6.43. The minimum Gasteiger partial charge on any atom is -0.421 e. The molecular formula is C15H14N2O3. The fourth-order valence-corrected chi connectivity index (χ4v) is 1.31. The minimum absolute atomic E-state index is 0.456. The monoisotopic (exact) mass is 270 g/mol. The number of pyridine rings is 1. The minimum atomic E-state index is -0.481. The van der Waals surface area contributed by atoms with Crippen molar-refractivity contribution in [3.05, 3.63) is 61.8 Å². The molecule has 102 valence electrons. The van der Waals surface area contributed by atoms with Crippen LogP contribution in [-0.4, -0.2) is 16.9 Å². The molecule has 0 aliphatic rings. The van der Waals surface area contributed by atoms with Crippen LogP contribution in [0.3, 0.4) is 0 Å². The van der Waals surface area contributed by atoms with Crippen molar-refractivity contribution in [2.24, 2.45) is 5.73 Å². The van der Waals surface area contributed by atoms with Gasteiger partial charge in [-0.3, -0.25) is 9.78 Å². The predicted molar refractivity (Wildman–Crippen MR) is 77.0 cm³/mol. The lowest BCUT2D eigenvalue weighted by Crippen LogP contribution is -2.04. The number of nitrogens with zero attached hydrogens (tertiary/aromatic N) is 1. The van der Waals surface area contributed by atoms with E-state index in [-0.39, 0.29) is 0 Å². The van der Waals surface area contributed by atoms with Crippen LogP contribution in [0.4, 0.5) is 0 Å². The predicted octanol–water partition coefficient (Wildman–Crippen LogP) is 1.98. The molecule has 0 unspecified atom stereocenters. The first-order chi connectivity index (χ1) is 9.58. The molecule has 2 rings (SSSR count). The molecule has 5 heteroatoms. The van der Waals surface area contributed by atoms with Gasteiger partial charge in [0.1, 0.15) is 5.52 Å². The first-order valence-corrected chi connectivity index (χ1v) is 5.68. The summed E-state index contributed by atoms with van der Waals surface area (Å²) in [5, 5.41) is 0.937. The van der Waals surface area contributed by atoms with Gasteiger partial charge < -0.3 is 10.5 Å². The third-order valence-electron chi connectivity index (χ3n) is 2.17. The molecule has 1 heterocycles. The summed E-state index contributed by atoms with van der Waals surface area (Å²) in [5.41, 5.74) is 5.21. The van der Waals surface area contributed by atoms with Crippen molar-refractivity contribution >= 4 is 22.8 Å². The maximum absolute atomic E-state index is 11.1. The van der Waals surface area contributed by atoms with Crippen LogP contribution in [0.1, 0.15) is 0 Å². The Hall–Kier alpha value is -2.95. The largest absolute Gasteiger partial charge is 0.421 e. The quantitative estimate of drug-likeness (QED) is 0.525. The number of carbonyl (C=O) groups is 2. The Kier molecular flexibility index (Phi) is 5.65. The second kappa shape index (κ2) is 7.48. The van der Waals surface area contributed by atoms with Crippen molar-refractivity contribution in [3.63, 3.8) is 0 Å². The highest BCUT2D eigenvalue weighted by molar-refractivity contribution is 5.89. The van der Waals surface area contributed by atoms with E-state index in [2.05, 4.69) is 23.9 Å². The number of ether oxygens (including phenoxy) is 1. The molecule has 0 saturated heterocycles. The van der Waals surface area contributed by atoms with E-state index in [0.29, 0.717) is 11.3 Å². The van der Waals surface area contributed by atoms with Crippen molar-refractivity contribution in [2.75, 3.05) is 0 Å². The first kappa shape index (κ1) is 15.1. The molecule has 0 aliphatic heterocycles. The zero-order valence-corrected chi connectivity index (χ0v) is 10.8. The van der Waals surface area contributed by atoms with Crippen LogP contribution in [0.25, 0.3) is 10.9 Å². The van der Waals surface area contributed by atoms with Crippen LogP contribution in [0.2, 0.25) is 0 Å². The number of benzene rings is 1. The number of amides is 1. The number of carbonyl (C=O) groups excluding carboxylic acids is 2. The maximum Gasteiger partial charge on any atom is 0.335 e. The Morgan fingerprint density at radius 3 is 2.40 bits per heavy atom. The topological polar surface area (TPSA) is 82.3 Å². The Balaban J connectivity index is 0.000000347. The fourth-order valence-electron chi connectivity index (χ4n) is 1.31. The zero-order chi connectivity index (χ0) is 15.0. The molecule has 1 aromatic heterocycles. The van der Waals surface area contributed by atoms with Crippen LogP contribution in [-0.2, 0) is 9.59 Å². The lowest BCUT2D eigenvalue weighted by atomic mass is 10.2. The van der Waals surface area contributed by atoms with Crippen molar-refractivity contribution in [2.45, 2.75) is 0 Å². The highest BCUT2D eigenvalue weighted by Gasteiger charge is 2.05. The molecule has 0 saturated carbocycles. The van der Waals surface area contributed by atoms with E-state index in [1.807, 2.05) is 24.3 Å². The van der Waals surface area contributed by atoms with Gasteiger partial charge in [0.05, 0.1) is 0 Å². The highest BCUT2D eigenvalue weighted by atomic mass is 16.5. The van der Waals surface area contributed by atoms with E-state index < -0.39 is 11.9 Å². The molecule has 0 atom stereocenters. The number of esters is 1. The second-order valence-electron chi connectivity index (χ2n) is 3.56. The standard InChI is InChI=1S/C12H9NO2.C3H5NO/c1-2-11(14)15-10-7-3-5-9-6-4-8-13-12(9)10;1-2-3(4)5/h2-8H,1H2;2H,1H2,(H2,4,5). The first-order valence-electron chi connectivity index (χ1n) is 5.68. The van der Waals surface area contributed by atoms with Crippen molar-refractivity contribution in [3.8, 4) is 5.75 Å². The number of hydrogen-bond donors (Lipinski definition) is 1. The summed E-state index contributed by atoms with van der Waals surface area (Å²) in [6.07, 6.45) is 3.84. The van der Waals surface area contributed by atoms with Gasteiger partial charge in [-0.1, -0.05) is 31.4 Å². The average molecular weight is 270 g/mol. The number of hydrogen-bond acceptors (Lipinski definition) is 4. The van der Waals surface area contributed by atoms with Crippen molar-refractivity contribution < 1.29 is 14.3 Å². The lowest BCUT2D eigenvalue weighted by Gasteiger charge is -2.04. The van der Waals surface area contributed by atoms with E-state index >= 15 is 0 Å². The molecule has 2 aromatic rings. The van der Waals surface area contributed by atoms with Gasteiger partial charge in [0.25, 0.3) is 0 Å². The molecule has 1 aromatic carbocycles. The summed E-state index contributed by atoms with van der Waals surface area (Å²) in [4.78, 5) is 24.7. The van der Waals surface area contributed by atoms with Gasteiger partial charge in [-0.05, 0) is 18.2 Å². The molecule has 0 fully saturated rings. The number of primary amides is 1. The third-order valence-corrected chi connectivity index (χ3v) is 2.17. The number of nitrogens with two attached hydrogens (primary N) is 1. The van der Waals surface area contributed by atoms with Crippen molar-refractivity contribution in [1.82, 2.24) is 4.98 Å². The van der Waals surface area contributed by atoms with E-state index in [1.165, 1.54) is 0 Å². The summed E-state index contributed by atoms with van der Waals surface area (Å²) in [5.74, 6) is -0.504. The molecule has 2 N–H and O–H groups in total. The van der Waals surface area contributed by atoms with Crippen LogP contribution in [0.5, 0.6) is 5.75 Å². The normalized spacial score (nSPS) is 9.00. The van der Waals surface area contributed by atoms with Gasteiger partial charge in [-0.2, -0.15) is 0 Å². The summed E-state index contributed by atoms with van der Waals surface area (Å²) >= 11 is 0. The van der Waals surface area contributed by atoms with Crippen LogP contribution in [0, 0.1) is 0 Å². The smallest absolute Gasteiger partial charge is 0.335 e. The average Bonchev–Trinajstić information content (AvgIpc) is 2.48.